The summed E-state index contributed by atoms with van der Waals surface area (Å²) >= 11 is 0. The number of fused-ring (bicyclic) bond motifs is 1. The van der Waals surface area contributed by atoms with E-state index in [0.29, 0.717) is 36.6 Å². The minimum atomic E-state index is -3.38. The van der Waals surface area contributed by atoms with Crippen LogP contribution < -0.4 is 10.6 Å². The molecule has 7 heteroatoms. The zero-order chi connectivity index (χ0) is 24.1. The summed E-state index contributed by atoms with van der Waals surface area (Å²) in [7, 11) is -3.38. The van der Waals surface area contributed by atoms with Crippen molar-refractivity contribution < 1.29 is 18.0 Å². The topological polar surface area (TPSA) is 92.3 Å². The zero-order valence-corrected chi connectivity index (χ0v) is 20.6. The van der Waals surface area contributed by atoms with Crippen molar-refractivity contribution in [3.63, 3.8) is 0 Å². The van der Waals surface area contributed by atoms with Crippen LogP contribution in [-0.2, 0) is 32.4 Å². The molecule has 0 atom stereocenters. The molecule has 0 aromatic heterocycles. The molecule has 2 aliphatic rings. The lowest BCUT2D eigenvalue weighted by atomic mass is 9.80. The first kappa shape index (κ1) is 24.5. The van der Waals surface area contributed by atoms with Gasteiger partial charge >= 0.3 is 0 Å². The first-order valence-corrected chi connectivity index (χ1v) is 13.9. The van der Waals surface area contributed by atoms with Gasteiger partial charge in [-0.3, -0.25) is 9.59 Å². The Morgan fingerprint density at radius 1 is 1.06 bits per heavy atom. The van der Waals surface area contributed by atoms with E-state index in [2.05, 4.69) is 16.7 Å². The number of carbonyl (C=O) groups excluding carboxylic acids is 2. The highest BCUT2D eigenvalue weighted by molar-refractivity contribution is 7.91. The van der Waals surface area contributed by atoms with Gasteiger partial charge in [0.05, 0.1) is 10.6 Å². The lowest BCUT2D eigenvalue weighted by molar-refractivity contribution is -0.126. The molecule has 2 aromatic rings. The molecule has 0 bridgehead atoms. The van der Waals surface area contributed by atoms with Crippen molar-refractivity contribution >= 4 is 27.3 Å². The summed E-state index contributed by atoms with van der Waals surface area (Å²) in [6, 6.07) is 13.2. The van der Waals surface area contributed by atoms with Crippen molar-refractivity contribution in [3.05, 3.63) is 59.2 Å². The molecule has 2 N–H and O–H groups in total. The average Bonchev–Trinajstić information content (AvgIpc) is 3.01. The van der Waals surface area contributed by atoms with E-state index in [1.54, 1.807) is 18.2 Å². The van der Waals surface area contributed by atoms with Crippen LogP contribution in [0.25, 0.3) is 0 Å². The van der Waals surface area contributed by atoms with Crippen molar-refractivity contribution in [2.75, 3.05) is 11.1 Å². The van der Waals surface area contributed by atoms with Crippen molar-refractivity contribution in [1.29, 1.82) is 0 Å². The summed E-state index contributed by atoms with van der Waals surface area (Å²) in [5, 5.41) is 5.91. The van der Waals surface area contributed by atoms with Crippen molar-refractivity contribution in [2.45, 2.75) is 69.7 Å². The summed E-state index contributed by atoms with van der Waals surface area (Å²) < 4.78 is 26.0. The van der Waals surface area contributed by atoms with Gasteiger partial charge in [-0.15, -0.1) is 0 Å². The highest BCUT2D eigenvalue weighted by atomic mass is 32.2. The fraction of sp³-hybridized carbons (Fsp3) is 0.481. The van der Waals surface area contributed by atoms with Crippen LogP contribution in [0.3, 0.4) is 0 Å². The Bertz CT molecular complexity index is 1150. The smallest absolute Gasteiger partial charge is 0.224 e. The number of amides is 2. The van der Waals surface area contributed by atoms with E-state index in [9.17, 15) is 18.0 Å². The third-order valence-corrected chi connectivity index (χ3v) is 8.87. The van der Waals surface area contributed by atoms with Gasteiger partial charge in [-0.2, -0.15) is 0 Å². The predicted molar refractivity (Wildman–Crippen MR) is 133 cm³/mol. The van der Waals surface area contributed by atoms with E-state index in [4.69, 9.17) is 0 Å². The molecule has 1 aliphatic carbocycles. The van der Waals surface area contributed by atoms with Crippen LogP contribution >= 0.6 is 0 Å². The van der Waals surface area contributed by atoms with Gasteiger partial charge in [-0.05, 0) is 87.1 Å². The lowest BCUT2D eigenvalue weighted by Gasteiger charge is -2.27. The fourth-order valence-corrected chi connectivity index (χ4v) is 6.53. The normalized spacial score (nSPS) is 20.7. The number of nitrogens with one attached hydrogen (secondary N) is 2. The van der Waals surface area contributed by atoms with E-state index >= 15 is 0 Å². The number of benzene rings is 2. The van der Waals surface area contributed by atoms with Crippen LogP contribution in [0.15, 0.2) is 47.4 Å². The third-order valence-electron chi connectivity index (χ3n) is 7.12. The minimum Gasteiger partial charge on any atom is -0.352 e. The number of aryl methyl sites for hydroxylation is 2. The van der Waals surface area contributed by atoms with Gasteiger partial charge in [-0.1, -0.05) is 29.8 Å². The molecule has 2 amide bonds. The highest BCUT2D eigenvalue weighted by Gasteiger charge is 2.28. The van der Waals surface area contributed by atoms with Crippen LogP contribution in [0, 0.1) is 18.8 Å². The molecule has 1 heterocycles. The van der Waals surface area contributed by atoms with Crippen LogP contribution in [0.1, 0.15) is 61.6 Å². The van der Waals surface area contributed by atoms with Crippen LogP contribution in [0.4, 0.5) is 5.69 Å². The van der Waals surface area contributed by atoms with Gasteiger partial charge in [-0.25, -0.2) is 8.42 Å². The predicted octanol–water partition coefficient (Wildman–Crippen LogP) is 4.56. The van der Waals surface area contributed by atoms with Crippen LogP contribution in [0.2, 0.25) is 0 Å². The molecular formula is C27H34N2O4S. The quantitative estimate of drug-likeness (QED) is 0.605. The second kappa shape index (κ2) is 10.7. The van der Waals surface area contributed by atoms with Gasteiger partial charge < -0.3 is 10.6 Å². The summed E-state index contributed by atoms with van der Waals surface area (Å²) in [4.78, 5) is 24.7. The molecule has 4 rings (SSSR count). The Balaban J connectivity index is 1.25. The zero-order valence-electron chi connectivity index (χ0n) is 19.8. The molecular weight excluding hydrogens is 448 g/mol. The van der Waals surface area contributed by atoms with Gasteiger partial charge in [0, 0.05) is 24.6 Å². The maximum Gasteiger partial charge on any atom is 0.224 e. The second-order valence-electron chi connectivity index (χ2n) is 9.75. The Hall–Kier alpha value is -2.67. The fourth-order valence-electron chi connectivity index (χ4n) is 5.05. The Labute approximate surface area is 202 Å². The first-order chi connectivity index (χ1) is 16.3. The van der Waals surface area contributed by atoms with Gasteiger partial charge in [0.15, 0.2) is 9.84 Å². The van der Waals surface area contributed by atoms with E-state index in [-0.39, 0.29) is 23.5 Å². The maximum atomic E-state index is 13.0. The summed E-state index contributed by atoms with van der Waals surface area (Å²) in [6.45, 7) is 2.59. The van der Waals surface area contributed by atoms with Crippen molar-refractivity contribution in [1.82, 2.24) is 5.32 Å². The number of hydrogen-bond acceptors (Lipinski definition) is 4. The van der Waals surface area contributed by atoms with E-state index in [1.807, 2.05) is 25.1 Å². The molecule has 0 spiro atoms. The average molecular weight is 483 g/mol. The first-order valence-electron chi connectivity index (χ1n) is 12.3. The number of anilines is 1. The van der Waals surface area contributed by atoms with Crippen LogP contribution in [-0.4, -0.2) is 26.0 Å². The van der Waals surface area contributed by atoms with E-state index < -0.39 is 9.84 Å². The van der Waals surface area contributed by atoms with Gasteiger partial charge in [0.1, 0.15) is 0 Å². The second-order valence-corrected chi connectivity index (χ2v) is 11.9. The highest BCUT2D eigenvalue weighted by Crippen LogP contribution is 2.32. The molecule has 0 radical (unpaired) electrons. The largest absolute Gasteiger partial charge is 0.352 e. The summed E-state index contributed by atoms with van der Waals surface area (Å²) in [5.41, 5.74) is 3.90. The summed E-state index contributed by atoms with van der Waals surface area (Å²) in [6.07, 6.45) is 5.89. The minimum absolute atomic E-state index is 0.0115. The van der Waals surface area contributed by atoms with Gasteiger partial charge in [0.2, 0.25) is 11.8 Å². The number of sulfone groups is 1. The molecule has 1 fully saturated rings. The molecule has 182 valence electrons. The standard InChI is InChI=1S/C27H34N2O4S/c1-19-4-2-5-21(16-19)18-28-27(31)22-10-8-20(9-11-22)14-15-34(32,33)24-12-13-25-23(17-24)6-3-7-26(30)29-25/h2,4-5,12-13,16-17,20,22H,3,6-11,14-15,18H2,1H3,(H,28,31)(H,29,30). The molecule has 1 saturated carbocycles. The molecule has 6 nitrogen and oxygen atoms in total. The molecule has 1 aliphatic heterocycles. The monoisotopic (exact) mass is 482 g/mol. The molecule has 0 saturated heterocycles. The van der Waals surface area contributed by atoms with Crippen molar-refractivity contribution in [3.8, 4) is 0 Å². The number of carbonyl (C=O) groups is 2. The SMILES string of the molecule is Cc1cccc(CNC(=O)C2CCC(CCS(=O)(=O)c3ccc4c(c3)CCCC(=O)N4)CC2)c1. The Kier molecular flexibility index (Phi) is 7.71. The maximum absolute atomic E-state index is 13.0. The van der Waals surface area contributed by atoms with Crippen molar-refractivity contribution in [2.24, 2.45) is 11.8 Å². The number of rotatable bonds is 7. The Morgan fingerprint density at radius 3 is 2.62 bits per heavy atom. The molecule has 2 aromatic carbocycles. The lowest BCUT2D eigenvalue weighted by Crippen LogP contribution is -2.33. The molecule has 0 unspecified atom stereocenters. The van der Waals surface area contributed by atoms with Gasteiger partial charge in [0.25, 0.3) is 0 Å². The third kappa shape index (κ3) is 6.26. The summed E-state index contributed by atoms with van der Waals surface area (Å²) in [5.74, 6) is 0.541. The number of hydrogen-bond donors (Lipinski definition) is 2. The van der Waals surface area contributed by atoms with E-state index in [0.717, 1.165) is 48.9 Å². The van der Waals surface area contributed by atoms with Crippen LogP contribution in [0.5, 0.6) is 0 Å². The van der Waals surface area contributed by atoms with E-state index in [1.165, 1.54) is 5.56 Å². The molecule has 34 heavy (non-hydrogen) atoms. The Morgan fingerprint density at radius 2 is 1.85 bits per heavy atom.